The molecule has 0 unspecified atom stereocenters. The monoisotopic (exact) mass is 422 g/mol. The molecule has 0 radical (unpaired) electrons. The van der Waals surface area contributed by atoms with Crippen LogP contribution >= 0.6 is 0 Å². The van der Waals surface area contributed by atoms with Gasteiger partial charge in [0.05, 0.1) is 11.4 Å². The molecule has 2 bridgehead atoms. The Bertz CT molecular complexity index is 1400. The number of nitriles is 1. The van der Waals surface area contributed by atoms with E-state index < -0.39 is 0 Å². The molecule has 32 heavy (non-hydrogen) atoms. The van der Waals surface area contributed by atoms with E-state index in [2.05, 4.69) is 47.3 Å². The number of ether oxygens (including phenoxy) is 1. The molecule has 0 saturated carbocycles. The lowest BCUT2D eigenvalue weighted by molar-refractivity contribution is 0.228. The van der Waals surface area contributed by atoms with E-state index in [0.29, 0.717) is 23.7 Å². The van der Waals surface area contributed by atoms with Gasteiger partial charge in [-0.15, -0.1) is 0 Å². The number of anilines is 1. The molecule has 3 aromatic heterocycles. The summed E-state index contributed by atoms with van der Waals surface area (Å²) in [6.45, 7) is 4.05. The fourth-order valence-corrected chi connectivity index (χ4v) is 4.32. The van der Waals surface area contributed by atoms with Crippen molar-refractivity contribution in [1.82, 2.24) is 19.7 Å². The minimum Gasteiger partial charge on any atom is -0.482 e. The Morgan fingerprint density at radius 3 is 2.88 bits per heavy atom. The number of fused-ring (bicyclic) bond motifs is 7. The molecule has 0 saturated heterocycles. The molecule has 0 spiro atoms. The van der Waals surface area contributed by atoms with Gasteiger partial charge in [0.25, 0.3) is 0 Å². The van der Waals surface area contributed by atoms with Crippen LogP contribution < -0.4 is 10.5 Å². The number of nitrogens with two attached hydrogens (primary N) is 1. The first-order chi connectivity index (χ1) is 15.5. The summed E-state index contributed by atoms with van der Waals surface area (Å²) in [4.78, 5) is 9.10. The third kappa shape index (κ3) is 3.17. The highest BCUT2D eigenvalue weighted by Gasteiger charge is 2.24. The molecule has 7 nitrogen and oxygen atoms in total. The lowest BCUT2D eigenvalue weighted by Gasteiger charge is -2.22. The number of aromatic nitrogens is 4. The van der Waals surface area contributed by atoms with E-state index in [4.69, 9.17) is 15.5 Å². The minimum absolute atomic E-state index is 0.290. The summed E-state index contributed by atoms with van der Waals surface area (Å²) in [6, 6.07) is 14.4. The summed E-state index contributed by atoms with van der Waals surface area (Å²) < 4.78 is 8.08. The van der Waals surface area contributed by atoms with Crippen molar-refractivity contribution >= 4 is 5.82 Å². The number of rotatable bonds is 0. The first-order valence-corrected chi connectivity index (χ1v) is 10.4. The van der Waals surface area contributed by atoms with Crippen LogP contribution in [0.15, 0.2) is 48.8 Å². The number of aryl methyl sites for hydroxylation is 2. The molecular formula is C25H22N6O. The Morgan fingerprint density at radius 2 is 2.06 bits per heavy atom. The fourth-order valence-electron chi connectivity index (χ4n) is 4.32. The Labute approximate surface area is 186 Å². The van der Waals surface area contributed by atoms with Gasteiger partial charge in [-0.25, -0.2) is 4.98 Å². The number of hydrogen-bond acceptors (Lipinski definition) is 6. The quantitative estimate of drug-likeness (QED) is 0.452. The van der Waals surface area contributed by atoms with Crippen LogP contribution in [-0.4, -0.2) is 19.7 Å². The van der Waals surface area contributed by atoms with E-state index in [1.165, 1.54) is 0 Å². The van der Waals surface area contributed by atoms with Gasteiger partial charge in [0.2, 0.25) is 0 Å². The maximum Gasteiger partial charge on any atom is 0.170 e. The molecule has 1 aliphatic heterocycles. The maximum atomic E-state index is 9.76. The van der Waals surface area contributed by atoms with Crippen LogP contribution in [0.5, 0.6) is 5.75 Å². The lowest BCUT2D eigenvalue weighted by atomic mass is 9.92. The number of nitrogen functional groups attached to an aromatic ring is 1. The van der Waals surface area contributed by atoms with Gasteiger partial charge < -0.3 is 10.5 Å². The van der Waals surface area contributed by atoms with E-state index in [1.807, 2.05) is 26.1 Å². The summed E-state index contributed by atoms with van der Waals surface area (Å²) in [5, 5.41) is 14.2. The molecule has 7 heteroatoms. The van der Waals surface area contributed by atoms with Crippen LogP contribution in [0.1, 0.15) is 41.1 Å². The molecule has 0 amide bonds. The molecule has 1 atom stereocenters. The van der Waals surface area contributed by atoms with E-state index in [-0.39, 0.29) is 6.10 Å². The number of hydrogen-bond donors (Lipinski definition) is 1. The SMILES string of the molecule is Cc1ccc2c(c1)[C@@H](C)Oc1cc(cnc1N)-c1c(C#N)nn(C)c1Cc1cccnc1-2. The average Bonchev–Trinajstić information content (AvgIpc) is 3.10. The highest BCUT2D eigenvalue weighted by molar-refractivity contribution is 5.75. The van der Waals surface area contributed by atoms with Gasteiger partial charge >= 0.3 is 0 Å². The Balaban J connectivity index is 1.85. The Kier molecular flexibility index (Phi) is 4.63. The lowest BCUT2D eigenvalue weighted by Crippen LogP contribution is -2.10. The number of pyridine rings is 2. The summed E-state index contributed by atoms with van der Waals surface area (Å²) in [7, 11) is 1.85. The first-order valence-electron chi connectivity index (χ1n) is 10.4. The van der Waals surface area contributed by atoms with Crippen LogP contribution in [0.3, 0.4) is 0 Å². The molecule has 5 rings (SSSR count). The van der Waals surface area contributed by atoms with Crippen LogP contribution in [0, 0.1) is 18.3 Å². The van der Waals surface area contributed by atoms with Crippen molar-refractivity contribution < 1.29 is 4.74 Å². The van der Waals surface area contributed by atoms with E-state index in [9.17, 15) is 5.26 Å². The Hall–Kier alpha value is -4.18. The summed E-state index contributed by atoms with van der Waals surface area (Å²) in [5.74, 6) is 0.775. The van der Waals surface area contributed by atoms with Crippen LogP contribution in [0.25, 0.3) is 22.4 Å². The van der Waals surface area contributed by atoms with Crippen molar-refractivity contribution in [3.05, 3.63) is 76.9 Å². The van der Waals surface area contributed by atoms with Crippen molar-refractivity contribution in [2.75, 3.05) is 5.73 Å². The largest absolute Gasteiger partial charge is 0.482 e. The van der Waals surface area contributed by atoms with Crippen molar-refractivity contribution in [3.63, 3.8) is 0 Å². The zero-order valence-electron chi connectivity index (χ0n) is 18.1. The van der Waals surface area contributed by atoms with Crippen molar-refractivity contribution in [1.29, 1.82) is 5.26 Å². The van der Waals surface area contributed by atoms with Crippen molar-refractivity contribution in [2.24, 2.45) is 7.05 Å². The minimum atomic E-state index is -0.290. The highest BCUT2D eigenvalue weighted by atomic mass is 16.5. The smallest absolute Gasteiger partial charge is 0.170 e. The third-order valence-corrected chi connectivity index (χ3v) is 5.90. The number of nitrogens with zero attached hydrogens (tertiary/aromatic N) is 5. The highest BCUT2D eigenvalue weighted by Crippen LogP contribution is 2.39. The normalized spacial score (nSPS) is 14.6. The van der Waals surface area contributed by atoms with Crippen molar-refractivity contribution in [3.8, 4) is 34.2 Å². The van der Waals surface area contributed by atoms with Crippen LogP contribution in [-0.2, 0) is 13.5 Å². The molecular weight excluding hydrogens is 400 g/mol. The van der Waals surface area contributed by atoms with Crippen LogP contribution in [0.4, 0.5) is 5.82 Å². The van der Waals surface area contributed by atoms with E-state index >= 15 is 0 Å². The topological polar surface area (TPSA) is 103 Å². The second-order valence-corrected chi connectivity index (χ2v) is 8.05. The zero-order valence-corrected chi connectivity index (χ0v) is 18.1. The molecule has 2 N–H and O–H groups in total. The van der Waals surface area contributed by atoms with E-state index in [1.54, 1.807) is 17.1 Å². The molecule has 0 fully saturated rings. The second kappa shape index (κ2) is 7.50. The van der Waals surface area contributed by atoms with Gasteiger partial charge in [0.15, 0.2) is 17.3 Å². The predicted octanol–water partition coefficient (Wildman–Crippen LogP) is 4.35. The average molecular weight is 422 g/mol. The molecule has 4 heterocycles. The molecule has 1 aromatic carbocycles. The second-order valence-electron chi connectivity index (χ2n) is 8.05. The molecule has 158 valence electrons. The van der Waals surface area contributed by atoms with Gasteiger partial charge in [-0.1, -0.05) is 29.8 Å². The molecule has 1 aliphatic rings. The maximum absolute atomic E-state index is 9.76. The number of benzene rings is 1. The predicted molar refractivity (Wildman–Crippen MR) is 122 cm³/mol. The van der Waals surface area contributed by atoms with E-state index in [0.717, 1.165) is 44.8 Å². The van der Waals surface area contributed by atoms with Crippen molar-refractivity contribution in [2.45, 2.75) is 26.4 Å². The first kappa shape index (κ1) is 19.8. The molecule has 4 aromatic rings. The summed E-state index contributed by atoms with van der Waals surface area (Å²) >= 11 is 0. The van der Waals surface area contributed by atoms with Gasteiger partial charge in [0, 0.05) is 48.1 Å². The summed E-state index contributed by atoms with van der Waals surface area (Å²) in [5.41, 5.74) is 14.0. The van der Waals surface area contributed by atoms with Gasteiger partial charge in [-0.2, -0.15) is 10.4 Å². The zero-order chi connectivity index (χ0) is 22.4. The van der Waals surface area contributed by atoms with Gasteiger partial charge in [-0.05, 0) is 31.5 Å². The van der Waals surface area contributed by atoms with Gasteiger partial charge in [-0.3, -0.25) is 9.67 Å². The standard InChI is InChI=1S/C25H22N6O/c1-14-6-7-18-19(9-14)15(2)32-22-11-17(13-29-25(22)27)23-20(12-26)30-31(3)21(23)10-16-5-4-8-28-24(16)18/h4-9,11,13,15H,10H2,1-3H3,(H2,27,29)/t15-/m1/s1. The molecule has 0 aliphatic carbocycles. The third-order valence-electron chi connectivity index (χ3n) is 5.90. The fraction of sp³-hybridized carbons (Fsp3) is 0.200. The van der Waals surface area contributed by atoms with Crippen LogP contribution in [0.2, 0.25) is 0 Å². The van der Waals surface area contributed by atoms with Gasteiger partial charge in [0.1, 0.15) is 12.2 Å². The Morgan fingerprint density at radius 1 is 1.22 bits per heavy atom. The summed E-state index contributed by atoms with van der Waals surface area (Å²) in [6.07, 6.45) is 3.74.